The summed E-state index contributed by atoms with van der Waals surface area (Å²) in [5.41, 5.74) is 7.05. The molecule has 1 aromatic carbocycles. The van der Waals surface area contributed by atoms with E-state index >= 15 is 0 Å². The van der Waals surface area contributed by atoms with Crippen LogP contribution in [0.15, 0.2) is 18.2 Å². The summed E-state index contributed by atoms with van der Waals surface area (Å²) in [6.07, 6.45) is 1.74. The maximum absolute atomic E-state index is 12.7. The number of hydrogen-bond acceptors (Lipinski definition) is 4. The molecular weight excluding hydrogens is 335 g/mol. The third-order valence-electron chi connectivity index (χ3n) is 3.83. The van der Waals surface area contributed by atoms with E-state index in [1.807, 2.05) is 31.1 Å². The highest BCUT2D eigenvalue weighted by Crippen LogP contribution is 2.23. The van der Waals surface area contributed by atoms with Gasteiger partial charge in [0.05, 0.1) is 10.0 Å². The lowest BCUT2D eigenvalue weighted by atomic mass is 10.1. The fourth-order valence-corrected chi connectivity index (χ4v) is 2.91. The SMILES string of the molecule is CN(C)CCCN(Cc1ccc(Cl)c(Cl)c1)C(=O)C1CCNN1. The first kappa shape index (κ1) is 18.5. The van der Waals surface area contributed by atoms with E-state index in [1.54, 1.807) is 6.07 Å². The van der Waals surface area contributed by atoms with Crippen LogP contribution in [0.2, 0.25) is 10.0 Å². The lowest BCUT2D eigenvalue weighted by molar-refractivity contribution is -0.133. The van der Waals surface area contributed by atoms with Crippen LogP contribution in [-0.2, 0) is 11.3 Å². The van der Waals surface area contributed by atoms with Crippen LogP contribution in [0.3, 0.4) is 0 Å². The molecule has 7 heteroatoms. The first-order chi connectivity index (χ1) is 11.0. The summed E-state index contributed by atoms with van der Waals surface area (Å²) in [6.45, 7) is 3.02. The number of hydrogen-bond donors (Lipinski definition) is 2. The molecular formula is C16H24Cl2N4O. The molecule has 23 heavy (non-hydrogen) atoms. The number of carbonyl (C=O) groups excluding carboxylic acids is 1. The fraction of sp³-hybridized carbons (Fsp3) is 0.562. The molecule has 5 nitrogen and oxygen atoms in total. The maximum Gasteiger partial charge on any atom is 0.241 e. The minimum absolute atomic E-state index is 0.125. The molecule has 1 heterocycles. The van der Waals surface area contributed by atoms with Crippen LogP contribution in [0.4, 0.5) is 0 Å². The van der Waals surface area contributed by atoms with Crippen LogP contribution in [0, 0.1) is 0 Å². The van der Waals surface area contributed by atoms with Crippen LogP contribution in [0.25, 0.3) is 0 Å². The summed E-state index contributed by atoms with van der Waals surface area (Å²) in [4.78, 5) is 16.7. The van der Waals surface area contributed by atoms with Crippen molar-refractivity contribution in [3.63, 3.8) is 0 Å². The normalized spacial score (nSPS) is 17.7. The number of nitrogens with zero attached hydrogens (tertiary/aromatic N) is 2. The van der Waals surface area contributed by atoms with Crippen molar-refractivity contribution in [2.45, 2.75) is 25.4 Å². The van der Waals surface area contributed by atoms with E-state index in [9.17, 15) is 4.79 Å². The van der Waals surface area contributed by atoms with Crippen molar-refractivity contribution >= 4 is 29.1 Å². The summed E-state index contributed by atoms with van der Waals surface area (Å²) in [7, 11) is 4.07. The lowest BCUT2D eigenvalue weighted by Gasteiger charge is -2.26. The number of rotatable bonds is 7. The third kappa shape index (κ3) is 5.62. The Bertz CT molecular complexity index is 533. The predicted octanol–water partition coefficient (Wildman–Crippen LogP) is 2.14. The second-order valence-electron chi connectivity index (χ2n) is 6.08. The van der Waals surface area contributed by atoms with Gasteiger partial charge in [-0.2, -0.15) is 0 Å². The first-order valence-electron chi connectivity index (χ1n) is 7.83. The number of benzene rings is 1. The molecule has 1 aliphatic heterocycles. The van der Waals surface area contributed by atoms with Crippen molar-refractivity contribution in [3.05, 3.63) is 33.8 Å². The first-order valence-corrected chi connectivity index (χ1v) is 8.59. The van der Waals surface area contributed by atoms with Crippen molar-refractivity contribution in [2.75, 3.05) is 33.7 Å². The molecule has 0 radical (unpaired) electrons. The van der Waals surface area contributed by atoms with Crippen LogP contribution in [-0.4, -0.2) is 55.5 Å². The molecule has 0 aromatic heterocycles. The molecule has 1 amide bonds. The smallest absolute Gasteiger partial charge is 0.241 e. The largest absolute Gasteiger partial charge is 0.337 e. The molecule has 2 rings (SSSR count). The predicted molar refractivity (Wildman–Crippen MR) is 94.6 cm³/mol. The Morgan fingerprint density at radius 1 is 1.26 bits per heavy atom. The highest BCUT2D eigenvalue weighted by Gasteiger charge is 2.26. The van der Waals surface area contributed by atoms with Gasteiger partial charge in [-0.25, -0.2) is 5.43 Å². The third-order valence-corrected chi connectivity index (χ3v) is 4.57. The number of amides is 1. The molecule has 1 saturated heterocycles. The van der Waals surface area contributed by atoms with Crippen LogP contribution >= 0.6 is 23.2 Å². The number of carbonyl (C=O) groups is 1. The van der Waals surface area contributed by atoms with Crippen LogP contribution in [0.1, 0.15) is 18.4 Å². The molecule has 0 bridgehead atoms. The van der Waals surface area contributed by atoms with Gasteiger partial charge in [0.1, 0.15) is 6.04 Å². The van der Waals surface area contributed by atoms with Crippen molar-refractivity contribution in [1.29, 1.82) is 0 Å². The molecule has 1 unspecified atom stereocenters. The van der Waals surface area contributed by atoms with Crippen molar-refractivity contribution in [3.8, 4) is 0 Å². The second-order valence-corrected chi connectivity index (χ2v) is 6.89. The zero-order chi connectivity index (χ0) is 16.8. The summed E-state index contributed by atoms with van der Waals surface area (Å²) < 4.78 is 0. The van der Waals surface area contributed by atoms with Gasteiger partial charge in [-0.15, -0.1) is 0 Å². The summed E-state index contributed by atoms with van der Waals surface area (Å²) in [6, 6.07) is 5.37. The monoisotopic (exact) mass is 358 g/mol. The zero-order valence-corrected chi connectivity index (χ0v) is 15.1. The Morgan fingerprint density at radius 3 is 2.65 bits per heavy atom. The highest BCUT2D eigenvalue weighted by molar-refractivity contribution is 6.42. The maximum atomic E-state index is 12.7. The highest BCUT2D eigenvalue weighted by atomic mass is 35.5. The lowest BCUT2D eigenvalue weighted by Crippen LogP contribution is -2.46. The molecule has 128 valence electrons. The van der Waals surface area contributed by atoms with E-state index in [1.165, 1.54) is 0 Å². The van der Waals surface area contributed by atoms with Crippen molar-refractivity contribution in [2.24, 2.45) is 0 Å². The van der Waals surface area contributed by atoms with E-state index in [-0.39, 0.29) is 11.9 Å². The average Bonchev–Trinajstić information content (AvgIpc) is 3.03. The van der Waals surface area contributed by atoms with Gasteiger partial charge in [-0.1, -0.05) is 29.3 Å². The minimum atomic E-state index is -0.155. The molecule has 2 N–H and O–H groups in total. The van der Waals surface area contributed by atoms with E-state index in [4.69, 9.17) is 23.2 Å². The second kappa shape index (κ2) is 8.85. The molecule has 1 atom stereocenters. The molecule has 1 aromatic rings. The fourth-order valence-electron chi connectivity index (χ4n) is 2.59. The zero-order valence-electron chi connectivity index (χ0n) is 13.6. The van der Waals surface area contributed by atoms with Gasteiger partial charge in [0, 0.05) is 19.6 Å². The van der Waals surface area contributed by atoms with Crippen LogP contribution in [0.5, 0.6) is 0 Å². The Labute approximate surface area is 147 Å². The van der Waals surface area contributed by atoms with Gasteiger partial charge in [0.15, 0.2) is 0 Å². The Kier molecular flexibility index (Phi) is 7.11. The number of hydrazine groups is 1. The molecule has 1 fully saturated rings. The van der Waals surface area contributed by atoms with E-state index in [2.05, 4.69) is 15.8 Å². The number of halogens is 2. The van der Waals surface area contributed by atoms with Crippen molar-refractivity contribution < 1.29 is 4.79 Å². The molecule has 0 spiro atoms. The van der Waals surface area contributed by atoms with Crippen LogP contribution < -0.4 is 10.9 Å². The summed E-state index contributed by atoms with van der Waals surface area (Å²) in [5, 5.41) is 1.05. The van der Waals surface area contributed by atoms with Gasteiger partial charge >= 0.3 is 0 Å². The average molecular weight is 359 g/mol. The van der Waals surface area contributed by atoms with Gasteiger partial charge in [-0.05, 0) is 51.2 Å². The topological polar surface area (TPSA) is 47.6 Å². The van der Waals surface area contributed by atoms with Crippen molar-refractivity contribution in [1.82, 2.24) is 20.7 Å². The Balaban J connectivity index is 2.04. The Morgan fingerprint density at radius 2 is 2.04 bits per heavy atom. The summed E-state index contributed by atoms with van der Waals surface area (Å²) >= 11 is 12.1. The summed E-state index contributed by atoms with van der Waals surface area (Å²) in [5.74, 6) is 0.125. The molecule has 0 aliphatic carbocycles. The standard InChI is InChI=1S/C16H24Cl2N4O/c1-21(2)8-3-9-22(16(23)15-6-7-19-20-15)11-12-4-5-13(17)14(18)10-12/h4-5,10,15,19-20H,3,6-9,11H2,1-2H3. The number of nitrogens with one attached hydrogen (secondary N) is 2. The van der Waals surface area contributed by atoms with E-state index in [0.717, 1.165) is 38.0 Å². The minimum Gasteiger partial charge on any atom is -0.337 e. The van der Waals surface area contributed by atoms with Gasteiger partial charge in [0.25, 0.3) is 0 Å². The van der Waals surface area contributed by atoms with E-state index in [0.29, 0.717) is 16.6 Å². The molecule has 0 saturated carbocycles. The van der Waals surface area contributed by atoms with Gasteiger partial charge in [0.2, 0.25) is 5.91 Å². The van der Waals surface area contributed by atoms with Gasteiger partial charge in [-0.3, -0.25) is 10.2 Å². The Hall–Kier alpha value is -0.850. The molecule has 1 aliphatic rings. The van der Waals surface area contributed by atoms with E-state index < -0.39 is 0 Å². The quantitative estimate of drug-likeness (QED) is 0.783. The van der Waals surface area contributed by atoms with Gasteiger partial charge < -0.3 is 9.80 Å².